The number of nitrogens with zero attached hydrogens (tertiary/aromatic N) is 2. The summed E-state index contributed by atoms with van der Waals surface area (Å²) in [4.78, 5) is 2.52. The van der Waals surface area contributed by atoms with Crippen molar-refractivity contribution in [3.8, 4) is 0 Å². The smallest absolute Gasteiger partial charge is 0.264 e. The predicted molar refractivity (Wildman–Crippen MR) is 96.1 cm³/mol. The van der Waals surface area contributed by atoms with E-state index >= 15 is 0 Å². The molecular formula is C18H22N2O3S. The molecule has 0 spiro atoms. The van der Waals surface area contributed by atoms with Gasteiger partial charge in [0.15, 0.2) is 0 Å². The lowest BCUT2D eigenvalue weighted by molar-refractivity contribution is 0.205. The van der Waals surface area contributed by atoms with Crippen LogP contribution in [-0.4, -0.2) is 41.8 Å². The second-order valence-electron chi connectivity index (χ2n) is 5.71. The van der Waals surface area contributed by atoms with E-state index in [0.29, 0.717) is 18.0 Å². The highest BCUT2D eigenvalue weighted by Gasteiger charge is 2.29. The Hall–Kier alpha value is -2.05. The average molecular weight is 346 g/mol. The summed E-state index contributed by atoms with van der Waals surface area (Å²) in [6.07, 6.45) is 0.768. The number of methoxy groups -OCH3 is 1. The Morgan fingerprint density at radius 2 is 1.62 bits per heavy atom. The fraction of sp³-hybridized carbons (Fsp3) is 0.333. The highest BCUT2D eigenvalue weighted by Crippen LogP contribution is 2.35. The van der Waals surface area contributed by atoms with Gasteiger partial charge in [-0.3, -0.25) is 4.31 Å². The lowest BCUT2D eigenvalue weighted by atomic mass is 10.2. The van der Waals surface area contributed by atoms with Crippen LogP contribution in [0.2, 0.25) is 0 Å². The largest absolute Gasteiger partial charge is 0.383 e. The number of para-hydroxylation sites is 2. The first-order valence-corrected chi connectivity index (χ1v) is 9.49. The highest BCUT2D eigenvalue weighted by molar-refractivity contribution is 7.92. The Balaban J connectivity index is 2.03. The minimum atomic E-state index is -3.57. The van der Waals surface area contributed by atoms with Gasteiger partial charge in [0, 0.05) is 26.7 Å². The normalized spacial score (nSPS) is 15.0. The Bertz CT molecular complexity index is 778. The number of anilines is 2. The van der Waals surface area contributed by atoms with Crippen LogP contribution in [-0.2, 0) is 14.8 Å². The van der Waals surface area contributed by atoms with Crippen molar-refractivity contribution in [2.45, 2.75) is 11.3 Å². The predicted octanol–water partition coefficient (Wildman–Crippen LogP) is 2.74. The van der Waals surface area contributed by atoms with Gasteiger partial charge in [-0.05, 0) is 30.7 Å². The van der Waals surface area contributed by atoms with Crippen LogP contribution in [0.1, 0.15) is 6.42 Å². The molecule has 2 aromatic carbocycles. The first-order chi connectivity index (χ1) is 11.6. The van der Waals surface area contributed by atoms with Gasteiger partial charge in [0.1, 0.15) is 0 Å². The zero-order valence-electron chi connectivity index (χ0n) is 13.8. The molecule has 128 valence electrons. The number of hydrogen-bond acceptors (Lipinski definition) is 4. The van der Waals surface area contributed by atoms with E-state index in [1.165, 1.54) is 4.31 Å². The van der Waals surface area contributed by atoms with Crippen LogP contribution in [0, 0.1) is 0 Å². The third-order valence-corrected chi connectivity index (χ3v) is 6.00. The van der Waals surface area contributed by atoms with Crippen LogP contribution in [0.3, 0.4) is 0 Å². The molecule has 0 aliphatic carbocycles. The zero-order valence-corrected chi connectivity index (χ0v) is 14.6. The molecule has 0 amide bonds. The van der Waals surface area contributed by atoms with Crippen molar-refractivity contribution in [2.75, 3.05) is 42.6 Å². The van der Waals surface area contributed by atoms with Crippen LogP contribution in [0.25, 0.3) is 0 Å². The lowest BCUT2D eigenvalue weighted by Crippen LogP contribution is -2.31. The van der Waals surface area contributed by atoms with Gasteiger partial charge in [0.25, 0.3) is 10.0 Å². The van der Waals surface area contributed by atoms with Crippen LogP contribution < -0.4 is 9.21 Å². The second-order valence-corrected chi connectivity index (χ2v) is 7.57. The molecule has 0 unspecified atom stereocenters. The Kier molecular flexibility index (Phi) is 5.06. The van der Waals surface area contributed by atoms with E-state index in [2.05, 4.69) is 4.90 Å². The Morgan fingerprint density at radius 1 is 0.958 bits per heavy atom. The van der Waals surface area contributed by atoms with Crippen molar-refractivity contribution >= 4 is 21.4 Å². The summed E-state index contributed by atoms with van der Waals surface area (Å²) in [6.45, 7) is 2.63. The molecule has 0 bridgehead atoms. The maximum Gasteiger partial charge on any atom is 0.264 e. The molecule has 3 rings (SSSR count). The zero-order chi connectivity index (χ0) is 17.0. The molecule has 0 radical (unpaired) electrons. The standard InChI is InChI=1S/C18H22N2O3S/c1-23-15-14-19-12-7-13-20(18-11-6-5-10-17(18)19)24(21,22)16-8-3-2-4-9-16/h2-6,8-11H,7,12-15H2,1H3. The summed E-state index contributed by atoms with van der Waals surface area (Å²) in [5.74, 6) is 0. The van der Waals surface area contributed by atoms with Crippen molar-refractivity contribution in [3.05, 3.63) is 54.6 Å². The van der Waals surface area contributed by atoms with E-state index in [4.69, 9.17) is 4.74 Å². The summed E-state index contributed by atoms with van der Waals surface area (Å²) in [5.41, 5.74) is 1.67. The van der Waals surface area contributed by atoms with Gasteiger partial charge in [0.2, 0.25) is 0 Å². The van der Waals surface area contributed by atoms with Crippen LogP contribution in [0.5, 0.6) is 0 Å². The molecule has 6 heteroatoms. The van der Waals surface area contributed by atoms with Crippen molar-refractivity contribution in [3.63, 3.8) is 0 Å². The SMILES string of the molecule is COCCN1CCCN(S(=O)(=O)c2ccccc2)c2ccccc21. The maximum absolute atomic E-state index is 13.1. The highest BCUT2D eigenvalue weighted by atomic mass is 32.2. The van der Waals surface area contributed by atoms with Gasteiger partial charge in [-0.15, -0.1) is 0 Å². The van der Waals surface area contributed by atoms with Crippen molar-refractivity contribution in [2.24, 2.45) is 0 Å². The molecule has 0 atom stereocenters. The van der Waals surface area contributed by atoms with Gasteiger partial charge in [-0.25, -0.2) is 8.42 Å². The first-order valence-electron chi connectivity index (χ1n) is 8.05. The molecule has 2 aromatic rings. The van der Waals surface area contributed by atoms with E-state index in [1.54, 1.807) is 31.4 Å². The molecule has 24 heavy (non-hydrogen) atoms. The first kappa shape index (κ1) is 16.8. The molecule has 0 fully saturated rings. The van der Waals surface area contributed by atoms with Crippen LogP contribution >= 0.6 is 0 Å². The quantitative estimate of drug-likeness (QED) is 0.835. The molecule has 1 aliphatic rings. The average Bonchev–Trinajstić information content (AvgIpc) is 2.80. The Morgan fingerprint density at radius 3 is 2.33 bits per heavy atom. The molecule has 0 N–H and O–H groups in total. The van der Waals surface area contributed by atoms with Crippen LogP contribution in [0.15, 0.2) is 59.5 Å². The van der Waals surface area contributed by atoms with E-state index in [-0.39, 0.29) is 0 Å². The Labute approximate surface area is 143 Å². The fourth-order valence-corrected chi connectivity index (χ4v) is 4.53. The van der Waals surface area contributed by atoms with Crippen molar-refractivity contribution in [1.29, 1.82) is 0 Å². The number of rotatable bonds is 5. The lowest BCUT2D eigenvalue weighted by Gasteiger charge is -2.27. The molecular weight excluding hydrogens is 324 g/mol. The molecule has 1 aliphatic heterocycles. The summed E-state index contributed by atoms with van der Waals surface area (Å²) in [7, 11) is -1.89. The minimum absolute atomic E-state index is 0.324. The molecule has 5 nitrogen and oxygen atoms in total. The van der Waals surface area contributed by atoms with Gasteiger partial charge in [0.05, 0.1) is 22.9 Å². The molecule has 1 heterocycles. The summed E-state index contributed by atoms with van der Waals surface area (Å²) < 4.78 is 32.9. The molecule has 0 saturated heterocycles. The number of hydrogen-bond donors (Lipinski definition) is 0. The minimum Gasteiger partial charge on any atom is -0.383 e. The van der Waals surface area contributed by atoms with E-state index in [9.17, 15) is 8.42 Å². The van der Waals surface area contributed by atoms with Gasteiger partial charge >= 0.3 is 0 Å². The van der Waals surface area contributed by atoms with Gasteiger partial charge < -0.3 is 9.64 Å². The number of benzene rings is 2. The second kappa shape index (κ2) is 7.23. The fourth-order valence-electron chi connectivity index (χ4n) is 2.99. The third kappa shape index (κ3) is 3.25. The number of ether oxygens (including phenoxy) is 1. The van der Waals surface area contributed by atoms with E-state index in [1.807, 2.05) is 30.3 Å². The maximum atomic E-state index is 13.1. The van der Waals surface area contributed by atoms with Gasteiger partial charge in [-0.2, -0.15) is 0 Å². The summed E-state index contributed by atoms with van der Waals surface area (Å²) in [6, 6.07) is 16.3. The van der Waals surface area contributed by atoms with Crippen molar-refractivity contribution < 1.29 is 13.2 Å². The number of fused-ring (bicyclic) bond motifs is 1. The van der Waals surface area contributed by atoms with E-state index in [0.717, 1.165) is 30.9 Å². The van der Waals surface area contributed by atoms with E-state index < -0.39 is 10.0 Å². The topological polar surface area (TPSA) is 49.9 Å². The summed E-state index contributed by atoms with van der Waals surface area (Å²) >= 11 is 0. The monoisotopic (exact) mass is 346 g/mol. The molecule has 0 aromatic heterocycles. The molecule has 0 saturated carbocycles. The summed E-state index contributed by atoms with van der Waals surface area (Å²) in [5, 5.41) is 0. The van der Waals surface area contributed by atoms with Crippen molar-refractivity contribution in [1.82, 2.24) is 0 Å². The third-order valence-electron chi connectivity index (χ3n) is 4.18. The van der Waals surface area contributed by atoms with Crippen LogP contribution in [0.4, 0.5) is 11.4 Å². The van der Waals surface area contributed by atoms with Gasteiger partial charge in [-0.1, -0.05) is 30.3 Å². The number of sulfonamides is 1.